The summed E-state index contributed by atoms with van der Waals surface area (Å²) in [5, 5.41) is 8.93. The van der Waals surface area contributed by atoms with E-state index in [1.54, 1.807) is 0 Å². The van der Waals surface area contributed by atoms with E-state index in [0.717, 1.165) is 30.7 Å². The van der Waals surface area contributed by atoms with E-state index in [2.05, 4.69) is 4.90 Å². The minimum atomic E-state index is -0.630. The molecule has 3 aliphatic rings. The van der Waals surface area contributed by atoms with Gasteiger partial charge < -0.3 is 5.11 Å². The van der Waals surface area contributed by atoms with Crippen LogP contribution in [-0.2, 0) is 4.79 Å². The average Bonchev–Trinajstić information content (AvgIpc) is 2.95. The van der Waals surface area contributed by atoms with Crippen molar-refractivity contribution in [3.8, 4) is 0 Å². The number of likely N-dealkylation sites (tertiary alicyclic amines) is 1. The van der Waals surface area contributed by atoms with Gasteiger partial charge in [-0.2, -0.15) is 0 Å². The number of hydrogen-bond donors (Lipinski definition) is 1. The second-order valence-corrected chi connectivity index (χ2v) is 6.32. The summed E-state index contributed by atoms with van der Waals surface area (Å²) in [6.45, 7) is 2.31. The third kappa shape index (κ3) is 2.35. The van der Waals surface area contributed by atoms with E-state index in [9.17, 15) is 4.79 Å². The van der Waals surface area contributed by atoms with E-state index in [4.69, 9.17) is 5.11 Å². The SMILES string of the molecule is O=C(O)CC1CCCN1CC1CC2CCC1C2. The lowest BCUT2D eigenvalue weighted by molar-refractivity contribution is -0.138. The highest BCUT2D eigenvalue weighted by atomic mass is 16.4. The molecule has 1 N–H and O–H groups in total. The zero-order chi connectivity index (χ0) is 11.8. The molecule has 1 aliphatic heterocycles. The Bertz CT molecular complexity index is 305. The summed E-state index contributed by atoms with van der Waals surface area (Å²) in [6.07, 6.45) is 8.41. The Labute approximate surface area is 103 Å². The summed E-state index contributed by atoms with van der Waals surface area (Å²) in [4.78, 5) is 13.3. The highest BCUT2D eigenvalue weighted by Crippen LogP contribution is 2.48. The molecule has 2 aliphatic carbocycles. The molecular formula is C14H23NO2. The minimum Gasteiger partial charge on any atom is -0.481 e. The minimum absolute atomic E-state index is 0.326. The second kappa shape index (κ2) is 4.60. The summed E-state index contributed by atoms with van der Waals surface area (Å²) in [5.41, 5.74) is 0. The Morgan fingerprint density at radius 2 is 2.12 bits per heavy atom. The smallest absolute Gasteiger partial charge is 0.304 e. The van der Waals surface area contributed by atoms with E-state index < -0.39 is 5.97 Å². The summed E-state index contributed by atoms with van der Waals surface area (Å²) in [5.74, 6) is 2.22. The van der Waals surface area contributed by atoms with Crippen molar-refractivity contribution in [2.45, 2.75) is 51.0 Å². The normalized spacial score (nSPS) is 41.2. The molecule has 0 spiro atoms. The number of nitrogens with zero attached hydrogens (tertiary/aromatic N) is 1. The third-order valence-corrected chi connectivity index (χ3v) is 5.26. The Morgan fingerprint density at radius 1 is 1.24 bits per heavy atom. The Balaban J connectivity index is 1.55. The lowest BCUT2D eigenvalue weighted by atomic mass is 9.88. The van der Waals surface area contributed by atoms with Crippen LogP contribution in [0, 0.1) is 17.8 Å². The van der Waals surface area contributed by atoms with Crippen molar-refractivity contribution in [2.75, 3.05) is 13.1 Å². The van der Waals surface area contributed by atoms with Crippen LogP contribution < -0.4 is 0 Å². The molecule has 0 radical (unpaired) electrons. The highest BCUT2D eigenvalue weighted by Gasteiger charge is 2.41. The number of carboxylic acids is 1. The highest BCUT2D eigenvalue weighted by molar-refractivity contribution is 5.67. The quantitative estimate of drug-likeness (QED) is 0.816. The van der Waals surface area contributed by atoms with Gasteiger partial charge in [0.05, 0.1) is 6.42 Å². The van der Waals surface area contributed by atoms with Gasteiger partial charge in [0.1, 0.15) is 0 Å². The third-order valence-electron chi connectivity index (χ3n) is 5.26. The Morgan fingerprint density at radius 3 is 2.76 bits per heavy atom. The fraction of sp³-hybridized carbons (Fsp3) is 0.929. The van der Waals surface area contributed by atoms with Crippen molar-refractivity contribution in [2.24, 2.45) is 17.8 Å². The van der Waals surface area contributed by atoms with Crippen LogP contribution in [0.2, 0.25) is 0 Å². The van der Waals surface area contributed by atoms with Gasteiger partial charge in [0.15, 0.2) is 0 Å². The number of carboxylic acid groups (broad SMARTS) is 1. The van der Waals surface area contributed by atoms with Gasteiger partial charge in [0.2, 0.25) is 0 Å². The van der Waals surface area contributed by atoms with Gasteiger partial charge in [-0.1, -0.05) is 6.42 Å². The maximum atomic E-state index is 10.8. The summed E-state index contributed by atoms with van der Waals surface area (Å²) in [6, 6.07) is 0.326. The zero-order valence-electron chi connectivity index (χ0n) is 10.5. The molecule has 3 nitrogen and oxygen atoms in total. The van der Waals surface area contributed by atoms with Gasteiger partial charge in [-0.15, -0.1) is 0 Å². The van der Waals surface area contributed by atoms with Crippen LogP contribution in [0.25, 0.3) is 0 Å². The number of rotatable bonds is 4. The number of carbonyl (C=O) groups is 1. The lowest BCUT2D eigenvalue weighted by Gasteiger charge is -2.30. The van der Waals surface area contributed by atoms with Gasteiger partial charge in [0, 0.05) is 12.6 Å². The monoisotopic (exact) mass is 237 g/mol. The first-order chi connectivity index (χ1) is 8.22. The summed E-state index contributed by atoms with van der Waals surface area (Å²) >= 11 is 0. The van der Waals surface area contributed by atoms with Crippen LogP contribution >= 0.6 is 0 Å². The molecule has 2 bridgehead atoms. The molecular weight excluding hydrogens is 214 g/mol. The molecule has 4 atom stereocenters. The van der Waals surface area contributed by atoms with Crippen molar-refractivity contribution in [1.29, 1.82) is 0 Å². The van der Waals surface area contributed by atoms with Gasteiger partial charge >= 0.3 is 5.97 Å². The van der Waals surface area contributed by atoms with Crippen LogP contribution in [0.1, 0.15) is 44.9 Å². The number of fused-ring (bicyclic) bond motifs is 2. The molecule has 17 heavy (non-hydrogen) atoms. The average molecular weight is 237 g/mol. The van der Waals surface area contributed by atoms with E-state index in [1.165, 1.54) is 38.6 Å². The van der Waals surface area contributed by atoms with Crippen LogP contribution in [0.3, 0.4) is 0 Å². The molecule has 1 saturated heterocycles. The maximum absolute atomic E-state index is 10.8. The molecule has 2 saturated carbocycles. The maximum Gasteiger partial charge on any atom is 0.304 e. The second-order valence-electron chi connectivity index (χ2n) is 6.32. The molecule has 3 rings (SSSR count). The Hall–Kier alpha value is -0.570. The standard InChI is InChI=1S/C14H23NO2/c16-14(17)8-13-2-1-5-15(13)9-12-7-10-3-4-11(12)6-10/h10-13H,1-9H2,(H,16,17). The first kappa shape index (κ1) is 11.5. The topological polar surface area (TPSA) is 40.5 Å². The fourth-order valence-corrected chi connectivity index (χ4v) is 4.47. The number of aliphatic carboxylic acids is 1. The van der Waals surface area contributed by atoms with E-state index in [-0.39, 0.29) is 0 Å². The molecule has 3 fully saturated rings. The first-order valence-electron chi connectivity index (χ1n) is 7.18. The zero-order valence-corrected chi connectivity index (χ0v) is 10.5. The predicted molar refractivity (Wildman–Crippen MR) is 65.8 cm³/mol. The summed E-state index contributed by atoms with van der Waals surface area (Å²) in [7, 11) is 0. The van der Waals surface area contributed by atoms with E-state index >= 15 is 0 Å². The molecule has 0 aromatic carbocycles. The van der Waals surface area contributed by atoms with Gasteiger partial charge in [0.25, 0.3) is 0 Å². The first-order valence-corrected chi connectivity index (χ1v) is 7.18. The van der Waals surface area contributed by atoms with Crippen molar-refractivity contribution >= 4 is 5.97 Å². The van der Waals surface area contributed by atoms with Crippen LogP contribution in [0.5, 0.6) is 0 Å². The van der Waals surface area contributed by atoms with E-state index in [1.807, 2.05) is 0 Å². The largest absolute Gasteiger partial charge is 0.481 e. The van der Waals surface area contributed by atoms with Crippen molar-refractivity contribution in [1.82, 2.24) is 4.90 Å². The molecule has 0 amide bonds. The molecule has 1 heterocycles. The van der Waals surface area contributed by atoms with Gasteiger partial charge in [-0.3, -0.25) is 9.69 Å². The molecule has 4 unspecified atom stereocenters. The van der Waals surface area contributed by atoms with Gasteiger partial charge in [-0.25, -0.2) is 0 Å². The predicted octanol–water partition coefficient (Wildman–Crippen LogP) is 2.36. The summed E-state index contributed by atoms with van der Waals surface area (Å²) < 4.78 is 0. The Kier molecular flexibility index (Phi) is 3.12. The van der Waals surface area contributed by atoms with Crippen LogP contribution in [-0.4, -0.2) is 35.1 Å². The van der Waals surface area contributed by atoms with Gasteiger partial charge in [-0.05, 0) is 56.4 Å². The molecule has 0 aromatic rings. The molecule has 3 heteroatoms. The van der Waals surface area contributed by atoms with Crippen LogP contribution in [0.4, 0.5) is 0 Å². The van der Waals surface area contributed by atoms with Crippen molar-refractivity contribution in [3.05, 3.63) is 0 Å². The molecule has 0 aromatic heterocycles. The molecule has 96 valence electrons. The lowest BCUT2D eigenvalue weighted by Crippen LogP contribution is -2.36. The number of hydrogen-bond acceptors (Lipinski definition) is 2. The van der Waals surface area contributed by atoms with Crippen molar-refractivity contribution < 1.29 is 9.90 Å². The van der Waals surface area contributed by atoms with E-state index in [0.29, 0.717) is 12.5 Å². The van der Waals surface area contributed by atoms with Crippen LogP contribution in [0.15, 0.2) is 0 Å². The fourth-order valence-electron chi connectivity index (χ4n) is 4.47. The van der Waals surface area contributed by atoms with Crippen molar-refractivity contribution in [3.63, 3.8) is 0 Å².